The summed E-state index contributed by atoms with van der Waals surface area (Å²) in [5, 5.41) is 22.1. The van der Waals surface area contributed by atoms with E-state index in [4.69, 9.17) is 0 Å². The third-order valence-corrected chi connectivity index (χ3v) is 4.56. The van der Waals surface area contributed by atoms with Gasteiger partial charge in [0.2, 0.25) is 0 Å². The van der Waals surface area contributed by atoms with Gasteiger partial charge in [-0.3, -0.25) is 24.9 Å². The lowest BCUT2D eigenvalue weighted by molar-refractivity contribution is -0.384. The van der Waals surface area contributed by atoms with Crippen LogP contribution in [0.2, 0.25) is 0 Å². The van der Waals surface area contributed by atoms with Crippen molar-refractivity contribution in [1.29, 1.82) is 0 Å². The summed E-state index contributed by atoms with van der Waals surface area (Å²) in [5.41, 5.74) is -1.17. The Morgan fingerprint density at radius 3 is 2.56 bits per heavy atom. The normalized spacial score (nSPS) is 17.2. The van der Waals surface area contributed by atoms with E-state index in [1.165, 1.54) is 0 Å². The Bertz CT molecular complexity index is 867. The maximum atomic E-state index is 13.9. The van der Waals surface area contributed by atoms with Crippen LogP contribution in [0.3, 0.4) is 0 Å². The first-order chi connectivity index (χ1) is 11.8. The van der Waals surface area contributed by atoms with Gasteiger partial charge in [-0.25, -0.2) is 8.78 Å². The second-order valence-electron chi connectivity index (χ2n) is 5.11. The summed E-state index contributed by atoms with van der Waals surface area (Å²) in [6.07, 6.45) is -1.40. The highest BCUT2D eigenvalue weighted by molar-refractivity contribution is 7.10. The van der Waals surface area contributed by atoms with Crippen molar-refractivity contribution in [3.8, 4) is 0 Å². The summed E-state index contributed by atoms with van der Waals surface area (Å²) < 4.78 is 27.7. The van der Waals surface area contributed by atoms with Gasteiger partial charge in [0.05, 0.1) is 15.2 Å². The number of carbonyl (C=O) groups is 2. The van der Waals surface area contributed by atoms with Crippen LogP contribution in [0.1, 0.15) is 21.4 Å². The van der Waals surface area contributed by atoms with E-state index in [1.807, 2.05) is 0 Å². The van der Waals surface area contributed by atoms with Gasteiger partial charge < -0.3 is 4.90 Å². The van der Waals surface area contributed by atoms with E-state index in [0.717, 1.165) is 45.9 Å². The topological polar surface area (TPSA) is 104 Å². The van der Waals surface area contributed by atoms with Gasteiger partial charge in [-0.15, -0.1) is 11.3 Å². The molecule has 8 nitrogen and oxygen atoms in total. The highest BCUT2D eigenvalue weighted by Gasteiger charge is 2.44. The molecule has 1 aromatic heterocycles. The molecule has 0 aliphatic carbocycles. The van der Waals surface area contributed by atoms with E-state index in [2.05, 4.69) is 0 Å². The Labute approximate surface area is 142 Å². The van der Waals surface area contributed by atoms with Gasteiger partial charge in [-0.1, -0.05) is 6.07 Å². The van der Waals surface area contributed by atoms with Crippen molar-refractivity contribution in [2.75, 3.05) is 6.54 Å². The second-order valence-corrected chi connectivity index (χ2v) is 6.05. The number of hydrogen-bond donors (Lipinski definition) is 1. The average Bonchev–Trinajstić information content (AvgIpc) is 3.13. The van der Waals surface area contributed by atoms with E-state index in [9.17, 15) is 33.7 Å². The average molecular weight is 369 g/mol. The summed E-state index contributed by atoms with van der Waals surface area (Å²) in [6.45, 7) is -0.626. The van der Waals surface area contributed by atoms with Gasteiger partial charge in [-0.05, 0) is 12.1 Å². The van der Waals surface area contributed by atoms with Crippen molar-refractivity contribution in [2.24, 2.45) is 0 Å². The fourth-order valence-corrected chi connectivity index (χ4v) is 3.40. The number of hydroxylamine groups is 2. The fraction of sp³-hybridized carbons (Fsp3) is 0.143. The number of carbonyl (C=O) groups excluding carboxylic acids is 2. The Morgan fingerprint density at radius 1 is 1.36 bits per heavy atom. The minimum absolute atomic E-state index is 0.102. The first-order valence-electron chi connectivity index (χ1n) is 6.80. The number of benzene rings is 1. The van der Waals surface area contributed by atoms with E-state index in [0.29, 0.717) is 0 Å². The molecule has 1 aliphatic rings. The predicted octanol–water partition coefficient (Wildman–Crippen LogP) is 2.31. The summed E-state index contributed by atoms with van der Waals surface area (Å²) >= 11 is 0.829. The smallest absolute Gasteiger partial charge is 0.280 e. The maximum absolute atomic E-state index is 13.9. The molecule has 1 aromatic carbocycles. The zero-order chi connectivity index (χ0) is 18.3. The number of thiophene rings is 1. The van der Waals surface area contributed by atoms with Crippen LogP contribution in [-0.2, 0) is 4.79 Å². The molecule has 3 rings (SSSR count). The van der Waals surface area contributed by atoms with Crippen LogP contribution in [0.5, 0.6) is 0 Å². The molecule has 1 atom stereocenters. The molecule has 2 aromatic rings. The van der Waals surface area contributed by atoms with Gasteiger partial charge >= 0.3 is 0 Å². The van der Waals surface area contributed by atoms with Gasteiger partial charge in [0, 0.05) is 6.07 Å². The lowest BCUT2D eigenvalue weighted by Crippen LogP contribution is -2.34. The molecule has 1 saturated heterocycles. The highest BCUT2D eigenvalue weighted by atomic mass is 32.1. The SMILES string of the molecule is O=C1CN(C(=O)c2c(F)cccc2F)C(c2cc([N+](=O)[O-])cs2)N1O. The quantitative estimate of drug-likeness (QED) is 0.508. The summed E-state index contributed by atoms with van der Waals surface area (Å²) in [7, 11) is 0. The number of hydrogen-bond acceptors (Lipinski definition) is 6. The molecule has 1 fully saturated rings. The fourth-order valence-electron chi connectivity index (χ4n) is 2.45. The van der Waals surface area contributed by atoms with Crippen molar-refractivity contribution >= 4 is 28.8 Å². The Kier molecular flexibility index (Phi) is 4.18. The van der Waals surface area contributed by atoms with Gasteiger partial charge in [0.15, 0.2) is 6.17 Å². The zero-order valence-corrected chi connectivity index (χ0v) is 13.1. The molecule has 0 radical (unpaired) electrons. The molecule has 130 valence electrons. The minimum atomic E-state index is -1.40. The molecular weight excluding hydrogens is 360 g/mol. The molecule has 0 bridgehead atoms. The van der Waals surface area contributed by atoms with Crippen LogP contribution in [0.15, 0.2) is 29.6 Å². The van der Waals surface area contributed by atoms with Gasteiger partial charge in [0.1, 0.15) is 23.7 Å². The van der Waals surface area contributed by atoms with E-state index in [1.54, 1.807) is 0 Å². The third-order valence-electron chi connectivity index (χ3n) is 3.60. The molecule has 1 N–H and O–H groups in total. The van der Waals surface area contributed by atoms with Crippen molar-refractivity contribution in [2.45, 2.75) is 6.17 Å². The highest BCUT2D eigenvalue weighted by Crippen LogP contribution is 2.36. The second kappa shape index (κ2) is 6.18. The van der Waals surface area contributed by atoms with E-state index < -0.39 is 46.6 Å². The summed E-state index contributed by atoms with van der Waals surface area (Å²) in [5.74, 6) is -4.28. The third kappa shape index (κ3) is 2.83. The molecule has 0 saturated carbocycles. The zero-order valence-electron chi connectivity index (χ0n) is 12.3. The number of amides is 2. The Morgan fingerprint density at radius 2 is 2.00 bits per heavy atom. The molecule has 2 heterocycles. The van der Waals surface area contributed by atoms with Gasteiger partial charge in [0.25, 0.3) is 17.5 Å². The van der Waals surface area contributed by atoms with Crippen molar-refractivity contribution in [1.82, 2.24) is 9.96 Å². The molecule has 0 spiro atoms. The number of nitro groups is 1. The molecule has 1 aliphatic heterocycles. The Balaban J connectivity index is 2.02. The monoisotopic (exact) mass is 369 g/mol. The molecule has 11 heteroatoms. The largest absolute Gasteiger partial charge is 0.302 e. The number of rotatable bonds is 3. The number of halogens is 2. The van der Waals surface area contributed by atoms with Crippen LogP contribution in [0.25, 0.3) is 0 Å². The van der Waals surface area contributed by atoms with Crippen LogP contribution in [0.4, 0.5) is 14.5 Å². The van der Waals surface area contributed by atoms with Crippen LogP contribution >= 0.6 is 11.3 Å². The lowest BCUT2D eigenvalue weighted by Gasteiger charge is -2.25. The molecular formula is C14H9F2N3O5S. The lowest BCUT2D eigenvalue weighted by atomic mass is 10.1. The minimum Gasteiger partial charge on any atom is -0.302 e. The van der Waals surface area contributed by atoms with Crippen LogP contribution < -0.4 is 0 Å². The standard InChI is InChI=1S/C14H9F2N3O5S/c15-8-2-1-3-9(16)12(8)14(21)17-5-11(20)18(22)13(17)10-4-7(6-25-10)19(23)24/h1-4,6,13,22H,5H2. The van der Waals surface area contributed by atoms with Crippen LogP contribution in [-0.4, -0.2) is 38.5 Å². The van der Waals surface area contributed by atoms with Gasteiger partial charge in [-0.2, -0.15) is 5.06 Å². The molecule has 2 amide bonds. The summed E-state index contributed by atoms with van der Waals surface area (Å²) in [4.78, 5) is 35.3. The van der Waals surface area contributed by atoms with E-state index >= 15 is 0 Å². The maximum Gasteiger partial charge on any atom is 0.280 e. The van der Waals surface area contributed by atoms with E-state index in [-0.39, 0.29) is 15.6 Å². The number of nitrogens with zero attached hydrogens (tertiary/aromatic N) is 3. The first kappa shape index (κ1) is 16.9. The summed E-state index contributed by atoms with van der Waals surface area (Å²) in [6, 6.07) is 3.93. The molecule has 1 unspecified atom stereocenters. The molecule has 25 heavy (non-hydrogen) atoms. The van der Waals surface area contributed by atoms with Crippen molar-refractivity contribution in [3.63, 3.8) is 0 Å². The van der Waals surface area contributed by atoms with Crippen molar-refractivity contribution in [3.05, 3.63) is 61.8 Å². The van der Waals surface area contributed by atoms with Crippen LogP contribution in [0, 0.1) is 21.7 Å². The van der Waals surface area contributed by atoms with Crippen molar-refractivity contribution < 1.29 is 28.5 Å². The first-order valence-corrected chi connectivity index (χ1v) is 7.68. The Hall–Kier alpha value is -2.92. The predicted molar refractivity (Wildman–Crippen MR) is 79.7 cm³/mol.